The molecule has 1 aromatic carbocycles. The van der Waals surface area contributed by atoms with Crippen molar-refractivity contribution >= 4 is 29.3 Å². The minimum absolute atomic E-state index is 0.0293. The minimum Gasteiger partial charge on any atom is -0.475 e. The summed E-state index contributed by atoms with van der Waals surface area (Å²) in [4.78, 5) is 13.8. The number of carbonyl (C=O) groups is 1. The van der Waals surface area contributed by atoms with E-state index < -0.39 is 23.8 Å². The summed E-state index contributed by atoms with van der Waals surface area (Å²) in [6.45, 7) is 6.60. The lowest BCUT2D eigenvalue weighted by Crippen LogP contribution is -2.40. The van der Waals surface area contributed by atoms with Gasteiger partial charge in [-0.3, -0.25) is 0 Å². The number of ether oxygens (including phenoxy) is 2. The third kappa shape index (κ3) is 4.03. The third-order valence-electron chi connectivity index (χ3n) is 3.83. The van der Waals surface area contributed by atoms with Crippen LogP contribution in [0.4, 0.5) is 18.9 Å². The van der Waals surface area contributed by atoms with Gasteiger partial charge in [-0.05, 0) is 32.9 Å². The van der Waals surface area contributed by atoms with Crippen molar-refractivity contribution in [2.75, 3.05) is 24.6 Å². The van der Waals surface area contributed by atoms with Crippen molar-refractivity contribution in [3.05, 3.63) is 28.3 Å². The smallest absolute Gasteiger partial charge is 0.430 e. The lowest BCUT2D eigenvalue weighted by atomic mass is 10.0. The molecule has 0 aliphatic carbocycles. The average molecular weight is 378 g/mol. The Hall–Kier alpha value is -1.89. The molecule has 4 nitrogen and oxygen atoms in total. The van der Waals surface area contributed by atoms with Gasteiger partial charge in [-0.1, -0.05) is 11.6 Å². The van der Waals surface area contributed by atoms with Gasteiger partial charge >= 0.3 is 12.1 Å². The van der Waals surface area contributed by atoms with Crippen molar-refractivity contribution in [3.63, 3.8) is 0 Å². The molecule has 0 saturated carbocycles. The molecule has 1 unspecified atom stereocenters. The number of alkyl halides is 3. The maximum absolute atomic E-state index is 13.3. The lowest BCUT2D eigenvalue weighted by Gasteiger charge is -2.30. The van der Waals surface area contributed by atoms with Crippen molar-refractivity contribution in [2.45, 2.75) is 33.1 Å². The summed E-state index contributed by atoms with van der Waals surface area (Å²) >= 11 is 6.26. The number of hydrogen-bond donors (Lipinski definition) is 0. The monoisotopic (exact) mass is 377 g/mol. The standard InChI is InChI=1S/C17H19ClF3NO3/c1-4-22(5-2)13-9-14-10(8-12(13)18)7-11(16(23)24-6-3)15(25-14)17(19,20)21/h7-9,15H,4-6H2,1-3H3. The second-order valence-corrected chi connectivity index (χ2v) is 5.78. The number of rotatable bonds is 5. The predicted octanol–water partition coefficient (Wildman–Crippen LogP) is 4.46. The van der Waals surface area contributed by atoms with E-state index in [9.17, 15) is 18.0 Å². The minimum atomic E-state index is -4.74. The highest BCUT2D eigenvalue weighted by atomic mass is 35.5. The molecule has 0 spiro atoms. The predicted molar refractivity (Wildman–Crippen MR) is 90.1 cm³/mol. The van der Waals surface area contributed by atoms with Crippen LogP contribution < -0.4 is 9.64 Å². The highest BCUT2D eigenvalue weighted by molar-refractivity contribution is 6.33. The van der Waals surface area contributed by atoms with Gasteiger partial charge in [0.15, 0.2) is 0 Å². The Morgan fingerprint density at radius 3 is 2.44 bits per heavy atom. The maximum Gasteiger partial charge on any atom is 0.430 e. The maximum atomic E-state index is 13.3. The molecule has 0 aromatic heterocycles. The number of hydrogen-bond acceptors (Lipinski definition) is 4. The van der Waals surface area contributed by atoms with Gasteiger partial charge in [0.25, 0.3) is 0 Å². The molecule has 25 heavy (non-hydrogen) atoms. The zero-order valence-electron chi connectivity index (χ0n) is 14.1. The normalized spacial score (nSPS) is 16.6. The van der Waals surface area contributed by atoms with Gasteiger partial charge in [0, 0.05) is 24.7 Å². The highest BCUT2D eigenvalue weighted by Crippen LogP contribution is 2.41. The number of benzene rings is 1. The number of halogens is 4. The van der Waals surface area contributed by atoms with Gasteiger partial charge in [-0.15, -0.1) is 0 Å². The van der Waals surface area contributed by atoms with Crippen LogP contribution in [-0.4, -0.2) is 37.9 Å². The van der Waals surface area contributed by atoms with Crippen LogP contribution in [-0.2, 0) is 9.53 Å². The fourth-order valence-corrected chi connectivity index (χ4v) is 2.93. The first-order valence-corrected chi connectivity index (χ1v) is 8.31. The van der Waals surface area contributed by atoms with Crippen LogP contribution in [0.3, 0.4) is 0 Å². The molecule has 138 valence electrons. The van der Waals surface area contributed by atoms with E-state index in [1.807, 2.05) is 18.7 Å². The van der Waals surface area contributed by atoms with Crippen molar-refractivity contribution in [1.29, 1.82) is 0 Å². The Morgan fingerprint density at radius 1 is 1.28 bits per heavy atom. The molecule has 0 N–H and O–H groups in total. The van der Waals surface area contributed by atoms with E-state index in [2.05, 4.69) is 0 Å². The SMILES string of the molecule is CCOC(=O)C1=Cc2cc(Cl)c(N(CC)CC)cc2OC1C(F)(F)F. The van der Waals surface area contributed by atoms with E-state index in [4.69, 9.17) is 21.1 Å². The number of nitrogens with zero attached hydrogens (tertiary/aromatic N) is 1. The molecule has 0 bridgehead atoms. The first-order valence-electron chi connectivity index (χ1n) is 7.93. The Bertz CT molecular complexity index is 684. The molecule has 0 amide bonds. The molecule has 1 aromatic rings. The fourth-order valence-electron chi connectivity index (χ4n) is 2.64. The molecule has 0 fully saturated rings. The summed E-state index contributed by atoms with van der Waals surface area (Å²) in [6.07, 6.45) is -5.98. The largest absolute Gasteiger partial charge is 0.475 e. The van der Waals surface area contributed by atoms with Gasteiger partial charge in [0.2, 0.25) is 6.10 Å². The van der Waals surface area contributed by atoms with E-state index >= 15 is 0 Å². The van der Waals surface area contributed by atoms with Crippen LogP contribution in [0.5, 0.6) is 5.75 Å². The lowest BCUT2D eigenvalue weighted by molar-refractivity contribution is -0.187. The van der Waals surface area contributed by atoms with E-state index in [1.165, 1.54) is 19.1 Å². The van der Waals surface area contributed by atoms with E-state index in [0.29, 0.717) is 29.4 Å². The molecular weight excluding hydrogens is 359 g/mol. The summed E-state index contributed by atoms with van der Waals surface area (Å²) in [5, 5.41) is 0.371. The van der Waals surface area contributed by atoms with Gasteiger partial charge in [0.05, 0.1) is 22.9 Å². The van der Waals surface area contributed by atoms with E-state index in [1.54, 1.807) is 0 Å². The number of esters is 1. The van der Waals surface area contributed by atoms with Crippen LogP contribution in [0.2, 0.25) is 5.02 Å². The molecule has 1 aliphatic heterocycles. The summed E-state index contributed by atoms with van der Waals surface area (Å²) < 4.78 is 49.9. The topological polar surface area (TPSA) is 38.8 Å². The van der Waals surface area contributed by atoms with E-state index in [0.717, 1.165) is 6.08 Å². The molecule has 0 saturated heterocycles. The first-order chi connectivity index (χ1) is 11.7. The molecule has 2 rings (SSSR count). The second kappa shape index (κ2) is 7.56. The van der Waals surface area contributed by atoms with Gasteiger partial charge < -0.3 is 14.4 Å². The van der Waals surface area contributed by atoms with Crippen LogP contribution in [0, 0.1) is 0 Å². The summed E-state index contributed by atoms with van der Waals surface area (Å²) in [7, 11) is 0. The van der Waals surface area contributed by atoms with Gasteiger partial charge in [-0.2, -0.15) is 13.2 Å². The fraction of sp³-hybridized carbons (Fsp3) is 0.471. The van der Waals surface area contributed by atoms with Crippen LogP contribution >= 0.6 is 11.6 Å². The summed E-state index contributed by atoms with van der Waals surface area (Å²) in [5.74, 6) is -1.03. The molecule has 8 heteroatoms. The quantitative estimate of drug-likeness (QED) is 0.710. The number of carbonyl (C=O) groups excluding carboxylic acids is 1. The molecule has 1 atom stereocenters. The van der Waals surface area contributed by atoms with Crippen molar-refractivity contribution < 1.29 is 27.4 Å². The molecular formula is C17H19ClF3NO3. The number of fused-ring (bicyclic) bond motifs is 1. The summed E-state index contributed by atoms with van der Waals surface area (Å²) in [5.41, 5.74) is 0.303. The summed E-state index contributed by atoms with van der Waals surface area (Å²) in [6, 6.07) is 2.97. The highest BCUT2D eigenvalue weighted by Gasteiger charge is 2.49. The first kappa shape index (κ1) is 19.4. The van der Waals surface area contributed by atoms with Gasteiger partial charge in [0.1, 0.15) is 5.75 Å². The molecule has 1 heterocycles. The Kier molecular flexibility index (Phi) is 5.87. The average Bonchev–Trinajstić information content (AvgIpc) is 2.54. The van der Waals surface area contributed by atoms with Gasteiger partial charge in [-0.25, -0.2) is 4.79 Å². The zero-order valence-corrected chi connectivity index (χ0v) is 14.9. The Labute approximate surface area is 149 Å². The second-order valence-electron chi connectivity index (χ2n) is 5.37. The molecule has 0 radical (unpaired) electrons. The van der Waals surface area contributed by atoms with Crippen molar-refractivity contribution in [2.24, 2.45) is 0 Å². The number of anilines is 1. The Morgan fingerprint density at radius 2 is 1.92 bits per heavy atom. The van der Waals surface area contributed by atoms with Crippen LogP contribution in [0.15, 0.2) is 17.7 Å². The van der Waals surface area contributed by atoms with Crippen molar-refractivity contribution in [3.8, 4) is 5.75 Å². The van der Waals surface area contributed by atoms with Crippen LogP contribution in [0.25, 0.3) is 6.08 Å². The third-order valence-corrected chi connectivity index (χ3v) is 4.13. The Balaban J connectivity index is 2.54. The van der Waals surface area contributed by atoms with E-state index in [-0.39, 0.29) is 12.4 Å². The zero-order chi connectivity index (χ0) is 18.8. The van der Waals surface area contributed by atoms with Crippen molar-refractivity contribution in [1.82, 2.24) is 0 Å². The van der Waals surface area contributed by atoms with Crippen LogP contribution in [0.1, 0.15) is 26.3 Å². The molecule has 1 aliphatic rings.